The van der Waals surface area contributed by atoms with E-state index in [1.807, 2.05) is 42.7 Å². The summed E-state index contributed by atoms with van der Waals surface area (Å²) in [5.74, 6) is 0.719. The third-order valence-electron chi connectivity index (χ3n) is 2.64. The van der Waals surface area contributed by atoms with E-state index in [1.54, 1.807) is 7.11 Å². The standard InChI is InChI=1S/C14H14N2O2S/c1-18-13-8-11(10-6-4-3-5-7-10)16-12(9-15-17)14(13)19-2/h3-9,17H,1-2H3/b15-9+. The van der Waals surface area contributed by atoms with Crippen LogP contribution in [0.3, 0.4) is 0 Å². The van der Waals surface area contributed by atoms with Gasteiger partial charge in [0.25, 0.3) is 0 Å². The molecule has 0 unspecified atom stereocenters. The van der Waals surface area contributed by atoms with Crippen LogP contribution in [0.4, 0.5) is 0 Å². The smallest absolute Gasteiger partial charge is 0.136 e. The van der Waals surface area contributed by atoms with Crippen molar-refractivity contribution in [1.29, 1.82) is 0 Å². The van der Waals surface area contributed by atoms with Gasteiger partial charge in [0, 0.05) is 11.6 Å². The molecule has 1 heterocycles. The third kappa shape index (κ3) is 2.88. The first-order valence-corrected chi connectivity index (χ1v) is 6.88. The Morgan fingerprint density at radius 2 is 2.05 bits per heavy atom. The van der Waals surface area contributed by atoms with Crippen molar-refractivity contribution in [2.24, 2.45) is 5.16 Å². The number of methoxy groups -OCH3 is 1. The van der Waals surface area contributed by atoms with Crippen molar-refractivity contribution in [3.8, 4) is 17.0 Å². The molecule has 0 amide bonds. The fourth-order valence-corrected chi connectivity index (χ4v) is 2.44. The second kappa shape index (κ2) is 6.24. The van der Waals surface area contributed by atoms with E-state index in [0.717, 1.165) is 21.9 Å². The van der Waals surface area contributed by atoms with E-state index in [1.165, 1.54) is 18.0 Å². The van der Waals surface area contributed by atoms with Gasteiger partial charge in [0.15, 0.2) is 0 Å². The van der Waals surface area contributed by atoms with Crippen molar-refractivity contribution >= 4 is 18.0 Å². The summed E-state index contributed by atoms with van der Waals surface area (Å²) in [4.78, 5) is 5.35. The lowest BCUT2D eigenvalue weighted by molar-refractivity contribution is 0.321. The molecule has 0 aliphatic rings. The third-order valence-corrected chi connectivity index (χ3v) is 3.46. The molecule has 98 valence electrons. The second-order valence-corrected chi connectivity index (χ2v) is 4.56. The number of thioether (sulfide) groups is 1. The highest BCUT2D eigenvalue weighted by molar-refractivity contribution is 7.98. The fraction of sp³-hybridized carbons (Fsp3) is 0.143. The molecule has 1 aromatic carbocycles. The monoisotopic (exact) mass is 274 g/mol. The molecular weight excluding hydrogens is 260 g/mol. The molecule has 19 heavy (non-hydrogen) atoms. The highest BCUT2D eigenvalue weighted by Crippen LogP contribution is 2.33. The maximum absolute atomic E-state index is 8.74. The maximum Gasteiger partial charge on any atom is 0.136 e. The van der Waals surface area contributed by atoms with E-state index < -0.39 is 0 Å². The van der Waals surface area contributed by atoms with Crippen molar-refractivity contribution in [2.75, 3.05) is 13.4 Å². The molecule has 0 bridgehead atoms. The van der Waals surface area contributed by atoms with Crippen LogP contribution in [0.1, 0.15) is 5.69 Å². The van der Waals surface area contributed by atoms with Crippen molar-refractivity contribution in [3.63, 3.8) is 0 Å². The fourth-order valence-electron chi connectivity index (χ4n) is 1.78. The van der Waals surface area contributed by atoms with E-state index >= 15 is 0 Å². The number of nitrogens with zero attached hydrogens (tertiary/aromatic N) is 2. The molecule has 1 aromatic heterocycles. The molecule has 0 spiro atoms. The number of hydrogen-bond donors (Lipinski definition) is 1. The molecule has 4 nitrogen and oxygen atoms in total. The quantitative estimate of drug-likeness (QED) is 0.402. The van der Waals surface area contributed by atoms with Crippen molar-refractivity contribution in [2.45, 2.75) is 4.90 Å². The van der Waals surface area contributed by atoms with Crippen molar-refractivity contribution in [1.82, 2.24) is 4.98 Å². The number of hydrogen-bond acceptors (Lipinski definition) is 5. The lowest BCUT2D eigenvalue weighted by atomic mass is 10.1. The Morgan fingerprint density at radius 1 is 1.32 bits per heavy atom. The Morgan fingerprint density at radius 3 is 2.63 bits per heavy atom. The zero-order valence-corrected chi connectivity index (χ0v) is 11.5. The van der Waals surface area contributed by atoms with Crippen LogP contribution in [-0.4, -0.2) is 29.8 Å². The largest absolute Gasteiger partial charge is 0.495 e. The lowest BCUT2D eigenvalue weighted by Gasteiger charge is -2.11. The first-order valence-electron chi connectivity index (χ1n) is 5.66. The molecular formula is C14H14N2O2S. The summed E-state index contributed by atoms with van der Waals surface area (Å²) in [6.07, 6.45) is 3.25. The van der Waals surface area contributed by atoms with Gasteiger partial charge < -0.3 is 9.94 Å². The maximum atomic E-state index is 8.74. The van der Waals surface area contributed by atoms with Gasteiger partial charge in [-0.25, -0.2) is 4.98 Å². The van der Waals surface area contributed by atoms with Gasteiger partial charge in [-0.1, -0.05) is 35.5 Å². The van der Waals surface area contributed by atoms with Gasteiger partial charge >= 0.3 is 0 Å². The van der Waals surface area contributed by atoms with Gasteiger partial charge in [0.2, 0.25) is 0 Å². The number of rotatable bonds is 4. The summed E-state index contributed by atoms with van der Waals surface area (Å²) < 4.78 is 5.38. The minimum Gasteiger partial charge on any atom is -0.495 e. The molecule has 0 saturated carbocycles. The first-order chi connectivity index (χ1) is 9.30. The summed E-state index contributed by atoms with van der Waals surface area (Å²) in [5, 5.41) is 11.8. The molecule has 2 rings (SSSR count). The molecule has 5 heteroatoms. The minimum atomic E-state index is 0.591. The summed E-state index contributed by atoms with van der Waals surface area (Å²) in [7, 11) is 1.61. The molecule has 0 radical (unpaired) electrons. The Hall–Kier alpha value is -2.01. The average molecular weight is 274 g/mol. The molecule has 0 atom stereocenters. The van der Waals surface area contributed by atoms with Crippen molar-refractivity contribution in [3.05, 3.63) is 42.1 Å². The number of oxime groups is 1. The Kier molecular flexibility index (Phi) is 4.41. The van der Waals surface area contributed by atoms with E-state index in [2.05, 4.69) is 10.1 Å². The summed E-state index contributed by atoms with van der Waals surface area (Å²) >= 11 is 1.50. The van der Waals surface area contributed by atoms with E-state index in [0.29, 0.717) is 5.69 Å². The van der Waals surface area contributed by atoms with E-state index in [-0.39, 0.29) is 0 Å². The predicted molar refractivity (Wildman–Crippen MR) is 77.4 cm³/mol. The molecule has 0 saturated heterocycles. The Balaban J connectivity index is 2.61. The van der Waals surface area contributed by atoms with Crippen molar-refractivity contribution < 1.29 is 9.94 Å². The van der Waals surface area contributed by atoms with E-state index in [4.69, 9.17) is 9.94 Å². The Labute approximate surface area is 116 Å². The van der Waals surface area contributed by atoms with Crippen LogP contribution in [0.25, 0.3) is 11.3 Å². The molecule has 2 aromatic rings. The van der Waals surface area contributed by atoms with E-state index in [9.17, 15) is 0 Å². The summed E-state index contributed by atoms with van der Waals surface area (Å²) in [6.45, 7) is 0. The van der Waals surface area contributed by atoms with Crippen LogP contribution >= 0.6 is 11.8 Å². The van der Waals surface area contributed by atoms with Crippen LogP contribution in [0.5, 0.6) is 5.75 Å². The predicted octanol–water partition coefficient (Wildman–Crippen LogP) is 3.29. The molecule has 0 fully saturated rings. The number of benzene rings is 1. The number of pyridine rings is 1. The van der Waals surface area contributed by atoms with Crippen LogP contribution in [0.2, 0.25) is 0 Å². The zero-order chi connectivity index (χ0) is 13.7. The highest BCUT2D eigenvalue weighted by atomic mass is 32.2. The van der Waals surface area contributed by atoms with Crippen LogP contribution < -0.4 is 4.74 Å². The van der Waals surface area contributed by atoms with Crippen LogP contribution in [0.15, 0.2) is 46.4 Å². The number of aromatic nitrogens is 1. The topological polar surface area (TPSA) is 54.7 Å². The SMILES string of the molecule is COc1cc(-c2ccccc2)nc(/C=N/O)c1SC. The first kappa shape index (κ1) is 13.4. The normalized spacial score (nSPS) is 10.8. The van der Waals surface area contributed by atoms with Gasteiger partial charge in [-0.2, -0.15) is 0 Å². The van der Waals surface area contributed by atoms with Gasteiger partial charge in [-0.15, -0.1) is 11.8 Å². The highest BCUT2D eigenvalue weighted by Gasteiger charge is 2.12. The average Bonchev–Trinajstić information content (AvgIpc) is 2.47. The number of ether oxygens (including phenoxy) is 1. The summed E-state index contributed by atoms with van der Waals surface area (Å²) in [5.41, 5.74) is 2.36. The molecule has 1 N–H and O–H groups in total. The molecule has 0 aliphatic carbocycles. The summed E-state index contributed by atoms with van der Waals surface area (Å²) in [6, 6.07) is 11.7. The van der Waals surface area contributed by atoms with Crippen LogP contribution in [0, 0.1) is 0 Å². The second-order valence-electron chi connectivity index (χ2n) is 3.74. The lowest BCUT2D eigenvalue weighted by Crippen LogP contribution is -1.98. The van der Waals surface area contributed by atoms with Gasteiger partial charge in [-0.3, -0.25) is 0 Å². The Bertz CT molecular complexity index is 585. The van der Waals surface area contributed by atoms with Gasteiger partial charge in [-0.05, 0) is 6.26 Å². The van der Waals surface area contributed by atoms with Gasteiger partial charge in [0.1, 0.15) is 11.4 Å². The molecule has 0 aliphatic heterocycles. The minimum absolute atomic E-state index is 0.591. The zero-order valence-electron chi connectivity index (χ0n) is 10.7. The van der Waals surface area contributed by atoms with Gasteiger partial charge in [0.05, 0.1) is 23.9 Å². The van der Waals surface area contributed by atoms with Crippen LogP contribution in [-0.2, 0) is 0 Å².